The van der Waals surface area contributed by atoms with Gasteiger partial charge >= 0.3 is 5.97 Å². The number of carboxylic acids is 1. The van der Waals surface area contributed by atoms with Gasteiger partial charge in [-0.1, -0.05) is 66.7 Å². The van der Waals surface area contributed by atoms with Crippen molar-refractivity contribution in [2.24, 2.45) is 0 Å². The van der Waals surface area contributed by atoms with E-state index in [0.29, 0.717) is 5.56 Å². The number of carbonyl (C=O) groups is 2. The fourth-order valence-electron chi connectivity index (χ4n) is 2.71. The maximum Gasteiger partial charge on any atom is 0.326 e. The predicted octanol–water partition coefficient (Wildman–Crippen LogP) is 3.27. The Kier molecular flexibility index (Phi) is 4.57. The van der Waals surface area contributed by atoms with Gasteiger partial charge in [0.15, 0.2) is 0 Å². The number of fused-ring (bicyclic) bond motifs is 1. The molecule has 0 aliphatic heterocycles. The zero-order chi connectivity index (χ0) is 16.9. The molecule has 0 fully saturated rings. The third kappa shape index (κ3) is 3.43. The quantitative estimate of drug-likeness (QED) is 0.758. The third-order valence-corrected chi connectivity index (χ3v) is 3.92. The summed E-state index contributed by atoms with van der Waals surface area (Å²) in [5, 5.41) is 13.8. The molecule has 0 heterocycles. The van der Waals surface area contributed by atoms with Crippen molar-refractivity contribution in [3.05, 3.63) is 83.9 Å². The van der Waals surface area contributed by atoms with Gasteiger partial charge in [0, 0.05) is 12.0 Å². The van der Waals surface area contributed by atoms with Crippen LogP contribution in [0.3, 0.4) is 0 Å². The standard InChI is InChI=1S/C20H17NO3/c22-19(17-12-6-10-15-9-4-5-11-16(15)17)21-18(20(23)24)13-14-7-2-1-3-8-14/h1-12,18H,13H2,(H,21,22)(H,23,24)/t18-/m1/s1. The molecule has 3 aromatic carbocycles. The lowest BCUT2D eigenvalue weighted by atomic mass is 10.0. The molecular weight excluding hydrogens is 302 g/mol. The summed E-state index contributed by atoms with van der Waals surface area (Å²) in [6.07, 6.45) is 0.243. The Morgan fingerprint density at radius 2 is 1.54 bits per heavy atom. The first-order valence-corrected chi connectivity index (χ1v) is 7.70. The van der Waals surface area contributed by atoms with Gasteiger partial charge < -0.3 is 10.4 Å². The first kappa shape index (κ1) is 15.7. The van der Waals surface area contributed by atoms with Gasteiger partial charge in [0.1, 0.15) is 6.04 Å². The number of benzene rings is 3. The largest absolute Gasteiger partial charge is 0.480 e. The van der Waals surface area contributed by atoms with Gasteiger partial charge in [-0.3, -0.25) is 4.79 Å². The Hall–Kier alpha value is -3.14. The summed E-state index contributed by atoms with van der Waals surface area (Å²) in [4.78, 5) is 24.1. The topological polar surface area (TPSA) is 66.4 Å². The van der Waals surface area contributed by atoms with Crippen molar-refractivity contribution in [2.75, 3.05) is 0 Å². The monoisotopic (exact) mass is 319 g/mol. The highest BCUT2D eigenvalue weighted by Crippen LogP contribution is 2.18. The molecule has 0 aliphatic carbocycles. The number of aliphatic carboxylic acids is 1. The van der Waals surface area contributed by atoms with Crippen LogP contribution in [0.5, 0.6) is 0 Å². The van der Waals surface area contributed by atoms with Gasteiger partial charge in [0.2, 0.25) is 0 Å². The van der Waals surface area contributed by atoms with Crippen molar-refractivity contribution in [3.63, 3.8) is 0 Å². The molecule has 0 unspecified atom stereocenters. The van der Waals surface area contributed by atoms with Crippen molar-refractivity contribution in [1.29, 1.82) is 0 Å². The molecule has 0 radical (unpaired) electrons. The molecule has 4 nitrogen and oxygen atoms in total. The van der Waals surface area contributed by atoms with E-state index in [1.807, 2.05) is 60.7 Å². The highest BCUT2D eigenvalue weighted by atomic mass is 16.4. The second kappa shape index (κ2) is 6.96. The smallest absolute Gasteiger partial charge is 0.326 e. The molecule has 1 amide bonds. The summed E-state index contributed by atoms with van der Waals surface area (Å²) in [5.41, 5.74) is 1.34. The maximum atomic E-state index is 12.6. The summed E-state index contributed by atoms with van der Waals surface area (Å²) in [7, 11) is 0. The molecule has 0 aromatic heterocycles. The fourth-order valence-corrected chi connectivity index (χ4v) is 2.71. The lowest BCUT2D eigenvalue weighted by Gasteiger charge is -2.15. The minimum atomic E-state index is -1.05. The Morgan fingerprint density at radius 3 is 2.29 bits per heavy atom. The van der Waals surface area contributed by atoms with Crippen LogP contribution in [-0.4, -0.2) is 23.0 Å². The van der Waals surface area contributed by atoms with Gasteiger partial charge in [-0.25, -0.2) is 4.79 Å². The van der Waals surface area contributed by atoms with Crippen LogP contribution in [0.25, 0.3) is 10.8 Å². The number of carboxylic acid groups (broad SMARTS) is 1. The lowest BCUT2D eigenvalue weighted by molar-refractivity contribution is -0.139. The van der Waals surface area contributed by atoms with Gasteiger partial charge in [-0.2, -0.15) is 0 Å². The number of nitrogens with one attached hydrogen (secondary N) is 1. The van der Waals surface area contributed by atoms with Gasteiger partial charge in [0.25, 0.3) is 5.91 Å². The second-order valence-corrected chi connectivity index (χ2v) is 5.58. The van der Waals surface area contributed by atoms with E-state index in [9.17, 15) is 14.7 Å². The summed E-state index contributed by atoms with van der Waals surface area (Å²) in [6.45, 7) is 0. The van der Waals surface area contributed by atoms with E-state index in [1.165, 1.54) is 0 Å². The predicted molar refractivity (Wildman–Crippen MR) is 93.0 cm³/mol. The molecule has 4 heteroatoms. The van der Waals surface area contributed by atoms with Crippen LogP contribution in [0, 0.1) is 0 Å². The van der Waals surface area contributed by atoms with Gasteiger partial charge in [0.05, 0.1) is 0 Å². The van der Waals surface area contributed by atoms with Crippen LogP contribution in [0.15, 0.2) is 72.8 Å². The molecule has 0 saturated carbocycles. The second-order valence-electron chi connectivity index (χ2n) is 5.58. The number of hydrogen-bond donors (Lipinski definition) is 2. The number of amides is 1. The summed E-state index contributed by atoms with van der Waals surface area (Å²) in [6, 6.07) is 21.3. The van der Waals surface area contributed by atoms with Crippen LogP contribution < -0.4 is 5.32 Å². The maximum absolute atomic E-state index is 12.6. The zero-order valence-electron chi connectivity index (χ0n) is 13.0. The molecule has 24 heavy (non-hydrogen) atoms. The molecule has 3 rings (SSSR count). The SMILES string of the molecule is O=C(N[C@H](Cc1ccccc1)C(=O)O)c1cccc2ccccc12. The number of rotatable bonds is 5. The van der Waals surface area contributed by atoms with E-state index in [2.05, 4.69) is 5.32 Å². The van der Waals surface area contributed by atoms with E-state index in [4.69, 9.17) is 0 Å². The van der Waals surface area contributed by atoms with Crippen molar-refractivity contribution in [2.45, 2.75) is 12.5 Å². The first-order chi connectivity index (χ1) is 11.6. The highest BCUT2D eigenvalue weighted by Gasteiger charge is 2.21. The molecule has 0 saturated heterocycles. The zero-order valence-corrected chi connectivity index (χ0v) is 13.0. The van der Waals surface area contributed by atoms with Crippen LogP contribution in [0.4, 0.5) is 0 Å². The number of carbonyl (C=O) groups excluding carboxylic acids is 1. The Morgan fingerprint density at radius 1 is 0.875 bits per heavy atom. The van der Waals surface area contributed by atoms with Crippen molar-refractivity contribution < 1.29 is 14.7 Å². The Balaban J connectivity index is 1.84. The van der Waals surface area contributed by atoms with Crippen LogP contribution >= 0.6 is 0 Å². The van der Waals surface area contributed by atoms with E-state index < -0.39 is 12.0 Å². The van der Waals surface area contributed by atoms with Gasteiger partial charge in [-0.15, -0.1) is 0 Å². The van der Waals surface area contributed by atoms with Crippen molar-refractivity contribution >= 4 is 22.6 Å². The molecule has 1 atom stereocenters. The first-order valence-electron chi connectivity index (χ1n) is 7.70. The minimum absolute atomic E-state index is 0.243. The minimum Gasteiger partial charge on any atom is -0.480 e. The average Bonchev–Trinajstić information content (AvgIpc) is 2.61. The molecular formula is C20H17NO3. The van der Waals surface area contributed by atoms with Crippen molar-refractivity contribution in [3.8, 4) is 0 Å². The third-order valence-electron chi connectivity index (χ3n) is 3.92. The summed E-state index contributed by atoms with van der Waals surface area (Å²) in [5.74, 6) is -1.43. The van der Waals surface area contributed by atoms with E-state index in [1.54, 1.807) is 12.1 Å². The van der Waals surface area contributed by atoms with Crippen LogP contribution in [0.2, 0.25) is 0 Å². The lowest BCUT2D eigenvalue weighted by Crippen LogP contribution is -2.42. The summed E-state index contributed by atoms with van der Waals surface area (Å²) >= 11 is 0. The van der Waals surface area contributed by atoms with Crippen molar-refractivity contribution in [1.82, 2.24) is 5.32 Å². The molecule has 120 valence electrons. The molecule has 0 spiro atoms. The Labute approximate surface area is 139 Å². The highest BCUT2D eigenvalue weighted by molar-refractivity contribution is 6.07. The van der Waals surface area contributed by atoms with Crippen LogP contribution in [-0.2, 0) is 11.2 Å². The molecule has 0 bridgehead atoms. The molecule has 3 aromatic rings. The fraction of sp³-hybridized carbons (Fsp3) is 0.100. The van der Waals surface area contributed by atoms with E-state index in [0.717, 1.165) is 16.3 Å². The number of hydrogen-bond acceptors (Lipinski definition) is 2. The molecule has 0 aliphatic rings. The average molecular weight is 319 g/mol. The summed E-state index contributed by atoms with van der Waals surface area (Å²) < 4.78 is 0. The van der Waals surface area contributed by atoms with E-state index in [-0.39, 0.29) is 12.3 Å². The van der Waals surface area contributed by atoms with Gasteiger partial charge in [-0.05, 0) is 22.4 Å². The van der Waals surface area contributed by atoms with E-state index >= 15 is 0 Å². The Bertz CT molecular complexity index is 869. The van der Waals surface area contributed by atoms with Crippen LogP contribution in [0.1, 0.15) is 15.9 Å². The normalized spacial score (nSPS) is 11.8. The molecule has 2 N–H and O–H groups in total.